The summed E-state index contributed by atoms with van der Waals surface area (Å²) in [7, 11) is 0. The summed E-state index contributed by atoms with van der Waals surface area (Å²) in [4.78, 5) is 0. The number of aromatic nitrogens is 3. The van der Waals surface area contributed by atoms with E-state index in [0.29, 0.717) is 12.2 Å². The summed E-state index contributed by atoms with van der Waals surface area (Å²) >= 11 is 2.17. The van der Waals surface area contributed by atoms with Crippen LogP contribution in [0.3, 0.4) is 0 Å². The summed E-state index contributed by atoms with van der Waals surface area (Å²) in [6, 6.07) is 0. The van der Waals surface area contributed by atoms with Crippen molar-refractivity contribution >= 4 is 39.3 Å². The van der Waals surface area contributed by atoms with Crippen molar-refractivity contribution < 1.29 is 14.9 Å². The lowest BCUT2D eigenvalue weighted by Crippen LogP contribution is -2.24. The number of rotatable bonds is 2. The number of hydrogen-bond acceptors (Lipinski definition) is 6. The molecule has 19 heavy (non-hydrogen) atoms. The highest BCUT2D eigenvalue weighted by Gasteiger charge is 2.35. The Labute approximate surface area is 122 Å². The summed E-state index contributed by atoms with van der Waals surface area (Å²) in [5.74, 6) is 0.373. The SMILES string of the molecule is Nc1nncc2c1c(I)cn2[C@H]1CC(O)[C@@H](CO)O1. The van der Waals surface area contributed by atoms with Gasteiger partial charge in [-0.1, -0.05) is 0 Å². The van der Waals surface area contributed by atoms with Gasteiger partial charge in [-0.05, 0) is 22.6 Å². The molecule has 8 heteroatoms. The van der Waals surface area contributed by atoms with E-state index in [1.54, 1.807) is 6.20 Å². The van der Waals surface area contributed by atoms with Crippen molar-refractivity contribution in [3.8, 4) is 0 Å². The minimum Gasteiger partial charge on any atom is -0.394 e. The first-order chi connectivity index (χ1) is 9.11. The Morgan fingerprint density at radius 3 is 3.05 bits per heavy atom. The standard InChI is InChI=1S/C11H13IN4O3/c12-5-3-16(6-2-14-15-11(13)10(5)6)9-1-7(18)8(4-17)19-9/h2-3,7-9,17-18H,1,4H2,(H2,13,15)/t7?,8-,9-/m1/s1. The van der Waals surface area contributed by atoms with E-state index in [1.807, 2.05) is 10.8 Å². The van der Waals surface area contributed by atoms with Crippen LogP contribution in [0.4, 0.5) is 5.82 Å². The van der Waals surface area contributed by atoms with E-state index < -0.39 is 12.2 Å². The third-order valence-electron chi connectivity index (χ3n) is 3.32. The summed E-state index contributed by atoms with van der Waals surface area (Å²) in [5, 5.41) is 27.4. The van der Waals surface area contributed by atoms with Crippen LogP contribution in [0.15, 0.2) is 12.4 Å². The largest absolute Gasteiger partial charge is 0.394 e. The van der Waals surface area contributed by atoms with Crippen molar-refractivity contribution in [1.29, 1.82) is 0 Å². The smallest absolute Gasteiger partial charge is 0.156 e. The van der Waals surface area contributed by atoms with E-state index in [4.69, 9.17) is 15.6 Å². The van der Waals surface area contributed by atoms with Crippen LogP contribution < -0.4 is 5.73 Å². The zero-order valence-corrected chi connectivity index (χ0v) is 12.1. The van der Waals surface area contributed by atoms with Crippen molar-refractivity contribution in [2.24, 2.45) is 0 Å². The zero-order chi connectivity index (χ0) is 13.6. The van der Waals surface area contributed by atoms with Gasteiger partial charge in [0.15, 0.2) is 5.82 Å². The number of nitrogens with two attached hydrogens (primary N) is 1. The van der Waals surface area contributed by atoms with Gasteiger partial charge >= 0.3 is 0 Å². The number of fused-ring (bicyclic) bond motifs is 1. The Morgan fingerprint density at radius 2 is 2.37 bits per heavy atom. The molecule has 3 rings (SSSR count). The number of aliphatic hydroxyl groups excluding tert-OH is 2. The quantitative estimate of drug-likeness (QED) is 0.650. The van der Waals surface area contributed by atoms with E-state index in [9.17, 15) is 5.11 Å². The highest BCUT2D eigenvalue weighted by molar-refractivity contribution is 14.1. The molecule has 0 spiro atoms. The highest BCUT2D eigenvalue weighted by atomic mass is 127. The van der Waals surface area contributed by atoms with Crippen molar-refractivity contribution in [2.75, 3.05) is 12.3 Å². The maximum absolute atomic E-state index is 9.80. The topological polar surface area (TPSA) is 106 Å². The van der Waals surface area contributed by atoms with Crippen LogP contribution in [0.2, 0.25) is 0 Å². The van der Waals surface area contributed by atoms with Crippen LogP contribution >= 0.6 is 22.6 Å². The van der Waals surface area contributed by atoms with Gasteiger partial charge in [0, 0.05) is 16.2 Å². The fraction of sp³-hybridized carbons (Fsp3) is 0.455. The summed E-state index contributed by atoms with van der Waals surface area (Å²) < 4.78 is 8.47. The Hall–Kier alpha value is -0.970. The van der Waals surface area contributed by atoms with E-state index in [1.165, 1.54) is 0 Å². The van der Waals surface area contributed by atoms with E-state index in [2.05, 4.69) is 32.8 Å². The molecule has 1 aliphatic rings. The third kappa shape index (κ3) is 2.08. The van der Waals surface area contributed by atoms with Crippen LogP contribution in [-0.4, -0.2) is 43.8 Å². The number of hydrogen-bond donors (Lipinski definition) is 3. The molecule has 0 radical (unpaired) electrons. The number of aliphatic hydroxyl groups is 2. The molecule has 4 N–H and O–H groups in total. The Kier molecular flexibility index (Phi) is 3.33. The second kappa shape index (κ2) is 4.85. The molecule has 1 fully saturated rings. The van der Waals surface area contributed by atoms with Crippen LogP contribution in [0.5, 0.6) is 0 Å². The van der Waals surface area contributed by atoms with Crippen molar-refractivity contribution in [3.63, 3.8) is 0 Å². The van der Waals surface area contributed by atoms with Crippen LogP contribution in [0.25, 0.3) is 10.9 Å². The summed E-state index contributed by atoms with van der Waals surface area (Å²) in [6.45, 7) is -0.199. The Bertz CT molecular complexity index is 617. The van der Waals surface area contributed by atoms with Gasteiger partial charge in [0.1, 0.15) is 12.3 Å². The molecule has 7 nitrogen and oxygen atoms in total. The Balaban J connectivity index is 2.05. The number of anilines is 1. The Morgan fingerprint density at radius 1 is 1.58 bits per heavy atom. The lowest BCUT2D eigenvalue weighted by atomic mass is 10.2. The van der Waals surface area contributed by atoms with Crippen molar-refractivity contribution in [2.45, 2.75) is 24.9 Å². The normalized spacial score (nSPS) is 27.2. The summed E-state index contributed by atoms with van der Waals surface area (Å²) in [5.41, 5.74) is 6.64. The second-order valence-electron chi connectivity index (χ2n) is 4.49. The van der Waals surface area contributed by atoms with E-state index >= 15 is 0 Å². The van der Waals surface area contributed by atoms with Crippen molar-refractivity contribution in [1.82, 2.24) is 14.8 Å². The average molecular weight is 376 g/mol. The predicted molar refractivity (Wildman–Crippen MR) is 76.3 cm³/mol. The van der Waals surface area contributed by atoms with Crippen LogP contribution in [0, 0.1) is 3.57 Å². The van der Waals surface area contributed by atoms with Gasteiger partial charge in [-0.3, -0.25) is 0 Å². The third-order valence-corrected chi connectivity index (χ3v) is 4.14. The molecule has 0 bridgehead atoms. The molecule has 1 aliphatic heterocycles. The molecule has 1 unspecified atom stereocenters. The van der Waals surface area contributed by atoms with Gasteiger partial charge in [-0.15, -0.1) is 5.10 Å². The molecular formula is C11H13IN4O3. The van der Waals surface area contributed by atoms with Crippen molar-refractivity contribution in [3.05, 3.63) is 16.0 Å². The van der Waals surface area contributed by atoms with Gasteiger partial charge in [-0.25, -0.2) is 0 Å². The first kappa shape index (κ1) is 13.0. The predicted octanol–water partition coefficient (Wildman–Crippen LogP) is 0.259. The number of nitrogens with zero attached hydrogens (tertiary/aromatic N) is 3. The minimum absolute atomic E-state index is 0.199. The van der Waals surface area contributed by atoms with Gasteiger partial charge in [0.25, 0.3) is 0 Å². The molecule has 2 aromatic rings. The minimum atomic E-state index is -0.669. The highest BCUT2D eigenvalue weighted by Crippen LogP contribution is 2.34. The maximum Gasteiger partial charge on any atom is 0.156 e. The van der Waals surface area contributed by atoms with Crippen LogP contribution in [0.1, 0.15) is 12.6 Å². The van der Waals surface area contributed by atoms with Gasteiger partial charge < -0.3 is 25.3 Å². The number of halogens is 1. The van der Waals surface area contributed by atoms with E-state index in [0.717, 1.165) is 14.5 Å². The second-order valence-corrected chi connectivity index (χ2v) is 5.65. The molecule has 3 heterocycles. The fourth-order valence-corrected chi connectivity index (χ4v) is 3.23. The molecular weight excluding hydrogens is 363 g/mol. The first-order valence-electron chi connectivity index (χ1n) is 5.83. The van der Waals surface area contributed by atoms with Gasteiger partial charge in [0.2, 0.25) is 0 Å². The molecule has 0 saturated carbocycles. The molecule has 102 valence electrons. The molecule has 3 atom stereocenters. The van der Waals surface area contributed by atoms with E-state index in [-0.39, 0.29) is 12.8 Å². The number of ether oxygens (including phenoxy) is 1. The molecule has 0 aromatic carbocycles. The van der Waals surface area contributed by atoms with Crippen LogP contribution in [-0.2, 0) is 4.74 Å². The lowest BCUT2D eigenvalue weighted by Gasteiger charge is -2.14. The fourth-order valence-electron chi connectivity index (χ4n) is 2.38. The molecule has 0 aliphatic carbocycles. The van der Waals surface area contributed by atoms with Gasteiger partial charge in [-0.2, -0.15) is 5.10 Å². The molecule has 2 aromatic heterocycles. The first-order valence-corrected chi connectivity index (χ1v) is 6.91. The lowest BCUT2D eigenvalue weighted by molar-refractivity contribution is -0.0429. The average Bonchev–Trinajstić information content (AvgIpc) is 2.91. The molecule has 0 amide bonds. The van der Waals surface area contributed by atoms with Gasteiger partial charge in [0.05, 0.1) is 29.8 Å². The molecule has 1 saturated heterocycles. The monoisotopic (exact) mass is 376 g/mol. The number of nitrogen functional groups attached to an aromatic ring is 1. The zero-order valence-electron chi connectivity index (χ0n) is 9.90. The maximum atomic E-state index is 9.80. The summed E-state index contributed by atoms with van der Waals surface area (Å²) in [6.07, 6.45) is 2.39.